The summed E-state index contributed by atoms with van der Waals surface area (Å²) in [7, 11) is -4.05. The van der Waals surface area contributed by atoms with E-state index < -0.39 is 22.2 Å². The van der Waals surface area contributed by atoms with E-state index in [-0.39, 0.29) is 35.4 Å². The topological polar surface area (TPSA) is 179 Å². The predicted octanol–water partition coefficient (Wildman–Crippen LogP) is 4.56. The molecule has 5 rings (SSSR count). The van der Waals surface area contributed by atoms with Crippen molar-refractivity contribution in [1.82, 2.24) is 14.6 Å². The van der Waals surface area contributed by atoms with E-state index in [2.05, 4.69) is 10.0 Å². The number of amidine groups is 1. The van der Waals surface area contributed by atoms with Crippen LogP contribution < -0.4 is 15.8 Å². The highest BCUT2D eigenvalue weighted by atomic mass is 32.2. The summed E-state index contributed by atoms with van der Waals surface area (Å²) < 4.78 is 31.1. The maximum Gasteiger partial charge on any atom is 0.407 e. The summed E-state index contributed by atoms with van der Waals surface area (Å²) in [5, 5.41) is 20.3. The Kier molecular flexibility index (Phi) is 9.04. The smallest absolute Gasteiger partial charge is 0.407 e. The van der Waals surface area contributed by atoms with Crippen LogP contribution in [0.3, 0.4) is 0 Å². The number of benzene rings is 3. The molecule has 224 valence electrons. The minimum Gasteiger partial charge on any atom is -0.465 e. The van der Waals surface area contributed by atoms with Gasteiger partial charge in [0.05, 0.1) is 21.2 Å². The van der Waals surface area contributed by atoms with Crippen LogP contribution in [0.1, 0.15) is 41.4 Å². The number of piperidine rings is 1. The van der Waals surface area contributed by atoms with Gasteiger partial charge in [-0.05, 0) is 67.1 Å². The van der Waals surface area contributed by atoms with E-state index in [9.17, 15) is 18.0 Å². The van der Waals surface area contributed by atoms with E-state index in [0.717, 1.165) is 15.8 Å². The Labute approximate surface area is 253 Å². The number of nitrogens with zero attached hydrogens (tertiary/aromatic N) is 2. The van der Waals surface area contributed by atoms with Crippen molar-refractivity contribution in [2.24, 2.45) is 11.7 Å². The molecule has 0 bridgehead atoms. The lowest BCUT2D eigenvalue weighted by molar-refractivity contribution is -0.117. The summed E-state index contributed by atoms with van der Waals surface area (Å²) in [6, 6.07) is 20.1. The number of carbonyl (C=O) groups excluding carboxylic acids is 1. The van der Waals surface area contributed by atoms with Gasteiger partial charge < -0.3 is 21.1 Å². The van der Waals surface area contributed by atoms with Gasteiger partial charge in [0, 0.05) is 30.8 Å². The molecular weight excluding hydrogens is 589 g/mol. The molecule has 6 N–H and O–H groups in total. The molecule has 2 heterocycles. The number of nitrogens with two attached hydrogens (primary N) is 1. The zero-order valence-corrected chi connectivity index (χ0v) is 24.8. The first-order chi connectivity index (χ1) is 20.6. The normalized spacial score (nSPS) is 14.8. The summed E-state index contributed by atoms with van der Waals surface area (Å²) in [6.07, 6.45) is 0.740. The molecule has 1 atom stereocenters. The number of hydrogen-bond acceptors (Lipinski definition) is 7. The lowest BCUT2D eigenvalue weighted by atomic mass is 9.93. The molecule has 0 saturated carbocycles. The third-order valence-corrected chi connectivity index (χ3v) is 9.99. The molecule has 43 heavy (non-hydrogen) atoms. The predicted molar refractivity (Wildman–Crippen MR) is 166 cm³/mol. The van der Waals surface area contributed by atoms with Crippen LogP contribution in [0.4, 0.5) is 10.5 Å². The summed E-state index contributed by atoms with van der Waals surface area (Å²) in [5.74, 6) is -0.280. The first kappa shape index (κ1) is 30.1. The number of nitrogen functional groups attached to an aromatic ring is 1. The molecular formula is C30H32N6O5S2. The Hall–Kier alpha value is -4.33. The van der Waals surface area contributed by atoms with Crippen molar-refractivity contribution in [3.63, 3.8) is 0 Å². The molecule has 1 aromatic heterocycles. The average molecular weight is 621 g/mol. The van der Waals surface area contributed by atoms with E-state index in [0.29, 0.717) is 42.2 Å². The van der Waals surface area contributed by atoms with Crippen molar-refractivity contribution in [3.8, 4) is 0 Å². The van der Waals surface area contributed by atoms with Crippen molar-refractivity contribution in [2.75, 3.05) is 18.4 Å². The molecule has 0 aliphatic carbocycles. The quantitative estimate of drug-likeness (QED) is 0.127. The maximum absolute atomic E-state index is 13.7. The number of para-hydroxylation sites is 1. The standard InChI is InChI=1S/C30H32N6O5S2/c31-28(32)21-6-3-5-20(15-21)16-25(29-34-24-9-1-2-10-26(24)42-29)35-43(40,41)23-8-4-7-22(18-23)33-27(37)17-19-11-13-36(14-12-19)30(38)39/h1-10,15,18-19,25,35H,11-14,16-17H2,(H3,31,32)(H,33,37)(H,38,39). The van der Waals surface area contributed by atoms with Gasteiger partial charge in [-0.2, -0.15) is 0 Å². The summed E-state index contributed by atoms with van der Waals surface area (Å²) in [6.45, 7) is 0.781. The van der Waals surface area contributed by atoms with Gasteiger partial charge in [-0.3, -0.25) is 10.2 Å². The van der Waals surface area contributed by atoms with Crippen molar-refractivity contribution >= 4 is 55.1 Å². The molecule has 4 aromatic rings. The van der Waals surface area contributed by atoms with Gasteiger partial charge in [0.1, 0.15) is 10.8 Å². The fourth-order valence-corrected chi connectivity index (χ4v) is 7.46. The number of thiazole rings is 1. The monoisotopic (exact) mass is 620 g/mol. The first-order valence-electron chi connectivity index (χ1n) is 13.8. The second kappa shape index (κ2) is 12.9. The van der Waals surface area contributed by atoms with Gasteiger partial charge in [-0.1, -0.05) is 36.4 Å². The molecule has 2 amide bonds. The van der Waals surface area contributed by atoms with Gasteiger partial charge in [0.2, 0.25) is 15.9 Å². The summed E-state index contributed by atoms with van der Waals surface area (Å²) in [5.41, 5.74) is 8.12. The number of carbonyl (C=O) groups is 2. The van der Waals surface area contributed by atoms with Crippen molar-refractivity contribution in [2.45, 2.75) is 36.6 Å². The molecule has 1 fully saturated rings. The summed E-state index contributed by atoms with van der Waals surface area (Å²) in [4.78, 5) is 29.9. The van der Waals surface area contributed by atoms with E-state index in [4.69, 9.17) is 21.2 Å². The highest BCUT2D eigenvalue weighted by molar-refractivity contribution is 7.89. The van der Waals surface area contributed by atoms with E-state index in [1.54, 1.807) is 30.3 Å². The minimum absolute atomic E-state index is 0.0105. The Morgan fingerprint density at radius 3 is 2.53 bits per heavy atom. The van der Waals surface area contributed by atoms with Crippen LogP contribution in [0, 0.1) is 11.3 Å². The number of fused-ring (bicyclic) bond motifs is 1. The number of amides is 2. The van der Waals surface area contributed by atoms with E-state index in [1.807, 2.05) is 30.3 Å². The third-order valence-electron chi connectivity index (χ3n) is 7.37. The Morgan fingerprint density at radius 1 is 1.07 bits per heavy atom. The average Bonchev–Trinajstić information content (AvgIpc) is 3.42. The lowest BCUT2D eigenvalue weighted by Crippen LogP contribution is -2.38. The largest absolute Gasteiger partial charge is 0.465 e. The van der Waals surface area contributed by atoms with Crippen LogP contribution in [-0.4, -0.2) is 54.3 Å². The molecule has 13 heteroatoms. The number of hydrogen-bond donors (Lipinski definition) is 5. The first-order valence-corrected chi connectivity index (χ1v) is 16.1. The van der Waals surface area contributed by atoms with E-state index >= 15 is 0 Å². The number of aromatic nitrogens is 1. The minimum atomic E-state index is -4.05. The molecule has 0 radical (unpaired) electrons. The number of rotatable bonds is 10. The fourth-order valence-electron chi connectivity index (χ4n) is 5.12. The van der Waals surface area contributed by atoms with Crippen LogP contribution in [0.25, 0.3) is 10.2 Å². The lowest BCUT2D eigenvalue weighted by Gasteiger charge is -2.29. The molecule has 1 aliphatic rings. The highest BCUT2D eigenvalue weighted by Crippen LogP contribution is 2.30. The van der Waals surface area contributed by atoms with Crippen LogP contribution in [0.15, 0.2) is 77.7 Å². The zero-order valence-electron chi connectivity index (χ0n) is 23.2. The Morgan fingerprint density at radius 2 is 1.81 bits per heavy atom. The van der Waals surface area contributed by atoms with Crippen LogP contribution in [0.5, 0.6) is 0 Å². The highest BCUT2D eigenvalue weighted by Gasteiger charge is 2.26. The van der Waals surface area contributed by atoms with Gasteiger partial charge in [-0.15, -0.1) is 11.3 Å². The SMILES string of the molecule is N=C(N)c1cccc(CC(NS(=O)(=O)c2cccc(NC(=O)CC3CCN(C(=O)O)CC3)c2)c2nc3ccccc3s2)c1. The van der Waals surface area contributed by atoms with Crippen LogP contribution in [0.2, 0.25) is 0 Å². The van der Waals surface area contributed by atoms with Crippen LogP contribution in [-0.2, 0) is 21.2 Å². The molecule has 11 nitrogen and oxygen atoms in total. The fraction of sp³-hybridized carbons (Fsp3) is 0.267. The third kappa shape index (κ3) is 7.55. The number of sulfonamides is 1. The molecule has 1 aliphatic heterocycles. The summed E-state index contributed by atoms with van der Waals surface area (Å²) >= 11 is 1.40. The van der Waals surface area contributed by atoms with Crippen molar-refractivity contribution in [3.05, 3.63) is 88.9 Å². The maximum atomic E-state index is 13.7. The van der Waals surface area contributed by atoms with Gasteiger partial charge in [0.15, 0.2) is 0 Å². The van der Waals surface area contributed by atoms with Crippen LogP contribution >= 0.6 is 11.3 Å². The zero-order chi connectivity index (χ0) is 30.6. The molecule has 1 saturated heterocycles. The van der Waals surface area contributed by atoms with E-state index in [1.165, 1.54) is 28.4 Å². The second-order valence-corrected chi connectivity index (χ2v) is 13.3. The van der Waals surface area contributed by atoms with Gasteiger partial charge in [0.25, 0.3) is 0 Å². The molecule has 0 spiro atoms. The number of nitrogens with one attached hydrogen (secondary N) is 3. The molecule has 3 aromatic carbocycles. The van der Waals surface area contributed by atoms with Crippen molar-refractivity contribution < 1.29 is 23.1 Å². The second-order valence-electron chi connectivity index (χ2n) is 10.5. The number of likely N-dealkylation sites (tertiary alicyclic amines) is 1. The molecule has 1 unspecified atom stereocenters. The number of carboxylic acid groups (broad SMARTS) is 1. The van der Waals surface area contributed by atoms with Gasteiger partial charge in [-0.25, -0.2) is 22.9 Å². The Bertz CT molecular complexity index is 1730. The van der Waals surface area contributed by atoms with Crippen molar-refractivity contribution in [1.29, 1.82) is 5.41 Å². The number of anilines is 1. The Balaban J connectivity index is 1.33. The van der Waals surface area contributed by atoms with Gasteiger partial charge >= 0.3 is 6.09 Å².